The van der Waals surface area contributed by atoms with Gasteiger partial charge in [0.2, 0.25) is 0 Å². The summed E-state index contributed by atoms with van der Waals surface area (Å²) >= 11 is 0. The van der Waals surface area contributed by atoms with Gasteiger partial charge in [0.25, 0.3) is 6.71 Å². The largest absolute Gasteiger partial charge is 0.335 e. The van der Waals surface area contributed by atoms with Crippen molar-refractivity contribution in [3.05, 3.63) is 199 Å². The Morgan fingerprint density at radius 3 is 1.76 bits per heavy atom. The molecule has 0 N–H and O–H groups in total. The molecule has 0 radical (unpaired) electrons. The number of aryl methyl sites for hydroxylation is 2. The van der Waals surface area contributed by atoms with Gasteiger partial charge in [-0.2, -0.15) is 0 Å². The summed E-state index contributed by atoms with van der Waals surface area (Å²) in [5.41, 5.74) is 22.9. The van der Waals surface area contributed by atoms with E-state index in [2.05, 4.69) is 224 Å². The Kier molecular flexibility index (Phi) is 8.28. The molecule has 4 aliphatic rings. The van der Waals surface area contributed by atoms with E-state index < -0.39 is 0 Å². The van der Waals surface area contributed by atoms with Crippen molar-refractivity contribution >= 4 is 68.6 Å². The monoisotopic (exact) mass is 799 g/mol. The Hall–Kier alpha value is -6.78. The average Bonchev–Trinajstić information content (AvgIpc) is 3.52. The van der Waals surface area contributed by atoms with Crippen LogP contribution in [0.4, 0.5) is 45.5 Å². The van der Waals surface area contributed by atoms with Gasteiger partial charge >= 0.3 is 0 Å². The highest BCUT2D eigenvalue weighted by atomic mass is 15.3. The molecule has 3 nitrogen and oxygen atoms in total. The molecule has 8 aromatic rings. The zero-order valence-electron chi connectivity index (χ0n) is 36.1. The molecule has 0 bridgehead atoms. The van der Waals surface area contributed by atoms with Gasteiger partial charge in [0.15, 0.2) is 0 Å². The number of hydrogen-bond acceptors (Lipinski definition) is 3. The molecule has 12 rings (SSSR count). The predicted molar refractivity (Wildman–Crippen MR) is 264 cm³/mol. The fourth-order valence-electron chi connectivity index (χ4n) is 11.9. The second-order valence-electron chi connectivity index (χ2n) is 18.6. The van der Waals surface area contributed by atoms with Crippen LogP contribution in [-0.4, -0.2) is 12.3 Å². The van der Waals surface area contributed by atoms with Gasteiger partial charge in [0.1, 0.15) is 0 Å². The quantitative estimate of drug-likeness (QED) is 0.155. The number of para-hydroxylation sites is 1. The van der Waals surface area contributed by atoms with E-state index in [1.54, 1.807) is 0 Å². The van der Waals surface area contributed by atoms with E-state index in [9.17, 15) is 0 Å². The molecule has 2 unspecified atom stereocenters. The van der Waals surface area contributed by atoms with Gasteiger partial charge in [-0.1, -0.05) is 147 Å². The first-order valence-corrected chi connectivity index (χ1v) is 22.5. The van der Waals surface area contributed by atoms with Crippen molar-refractivity contribution in [3.63, 3.8) is 0 Å². The Morgan fingerprint density at radius 1 is 0.484 bits per heavy atom. The van der Waals surface area contributed by atoms with E-state index in [4.69, 9.17) is 0 Å². The molecule has 0 saturated heterocycles. The fourth-order valence-corrected chi connectivity index (χ4v) is 11.9. The summed E-state index contributed by atoms with van der Waals surface area (Å²) in [5, 5.41) is 0. The van der Waals surface area contributed by atoms with Gasteiger partial charge in [0.05, 0.1) is 11.2 Å². The van der Waals surface area contributed by atoms with Crippen molar-refractivity contribution in [2.75, 3.05) is 14.7 Å². The second-order valence-corrected chi connectivity index (χ2v) is 18.6. The van der Waals surface area contributed by atoms with E-state index >= 15 is 0 Å². The smallest absolute Gasteiger partial charge is 0.252 e. The number of fused-ring (bicyclic) bond motifs is 7. The highest BCUT2D eigenvalue weighted by Gasteiger charge is 2.61. The van der Waals surface area contributed by atoms with E-state index in [1.807, 2.05) is 0 Å². The van der Waals surface area contributed by atoms with Crippen LogP contribution in [0.5, 0.6) is 0 Å². The molecule has 300 valence electrons. The third-order valence-corrected chi connectivity index (χ3v) is 15.1. The molecule has 4 heteroatoms. The molecule has 1 aliphatic carbocycles. The van der Waals surface area contributed by atoms with Crippen molar-refractivity contribution in [1.82, 2.24) is 0 Å². The zero-order chi connectivity index (χ0) is 41.7. The van der Waals surface area contributed by atoms with Crippen molar-refractivity contribution in [1.29, 1.82) is 0 Å². The molecule has 0 spiro atoms. The molecule has 0 aromatic heterocycles. The van der Waals surface area contributed by atoms with E-state index in [1.165, 1.54) is 97.3 Å². The number of hydrogen-bond donors (Lipinski definition) is 0. The highest BCUT2D eigenvalue weighted by molar-refractivity contribution is 7.00. The minimum Gasteiger partial charge on any atom is -0.335 e. The lowest BCUT2D eigenvalue weighted by Gasteiger charge is -2.53. The van der Waals surface area contributed by atoms with E-state index in [0.29, 0.717) is 0 Å². The van der Waals surface area contributed by atoms with Gasteiger partial charge in [-0.15, -0.1) is 0 Å². The highest BCUT2D eigenvalue weighted by Crippen LogP contribution is 2.62. The van der Waals surface area contributed by atoms with Crippen LogP contribution in [0.25, 0.3) is 22.3 Å². The summed E-state index contributed by atoms with van der Waals surface area (Å²) in [5.74, 6) is 0. The lowest BCUT2D eigenvalue weighted by molar-refractivity contribution is 0.195. The number of rotatable bonds is 6. The van der Waals surface area contributed by atoms with Crippen molar-refractivity contribution < 1.29 is 0 Å². The first kappa shape index (κ1) is 37.0. The molecular formula is C58H50BN3. The Bertz CT molecular complexity index is 3000. The summed E-state index contributed by atoms with van der Waals surface area (Å²) in [4.78, 5) is 7.93. The van der Waals surface area contributed by atoms with Crippen LogP contribution in [0.1, 0.15) is 56.2 Å². The predicted octanol–water partition coefficient (Wildman–Crippen LogP) is 13.5. The van der Waals surface area contributed by atoms with Crippen LogP contribution < -0.4 is 31.1 Å². The van der Waals surface area contributed by atoms with E-state index in [0.717, 1.165) is 29.2 Å². The normalized spacial score (nSPS) is 19.1. The molecule has 3 heterocycles. The summed E-state index contributed by atoms with van der Waals surface area (Å²) in [7, 11) is 0. The molecule has 1 saturated carbocycles. The topological polar surface area (TPSA) is 9.72 Å². The fraction of sp³-hybridized carbons (Fsp3) is 0.172. The lowest BCUT2D eigenvalue weighted by Crippen LogP contribution is -2.64. The van der Waals surface area contributed by atoms with Crippen LogP contribution in [0.2, 0.25) is 0 Å². The third kappa shape index (κ3) is 5.38. The minimum atomic E-state index is -0.0904. The van der Waals surface area contributed by atoms with Crippen molar-refractivity contribution in [2.45, 2.75) is 64.3 Å². The van der Waals surface area contributed by atoms with Crippen LogP contribution in [-0.2, 0) is 5.41 Å². The summed E-state index contributed by atoms with van der Waals surface area (Å²) < 4.78 is 0. The van der Waals surface area contributed by atoms with Crippen LogP contribution in [0.15, 0.2) is 182 Å². The molecule has 0 amide bonds. The Morgan fingerprint density at radius 2 is 1.08 bits per heavy atom. The SMILES string of the molecule is Cc1cccc(N(c2cccc(C)c2)c2cc3c4c(c2)N2c5c(cccc5C5(C)CCCCC25C)B4c2cc(-c4ccccc4)ccc2N3c2ccc(-c3ccccc3)cc2)c1. The molecule has 8 aromatic carbocycles. The maximum Gasteiger partial charge on any atom is 0.252 e. The number of benzene rings is 8. The maximum atomic E-state index is 2.85. The average molecular weight is 800 g/mol. The molecular weight excluding hydrogens is 749 g/mol. The molecule has 2 atom stereocenters. The number of nitrogens with zero attached hydrogens (tertiary/aromatic N) is 3. The minimum absolute atomic E-state index is 0.0153. The zero-order valence-corrected chi connectivity index (χ0v) is 36.1. The van der Waals surface area contributed by atoms with Crippen molar-refractivity contribution in [2.24, 2.45) is 0 Å². The molecule has 62 heavy (non-hydrogen) atoms. The third-order valence-electron chi connectivity index (χ3n) is 15.1. The lowest BCUT2D eigenvalue weighted by atomic mass is 9.33. The first-order valence-electron chi connectivity index (χ1n) is 22.5. The first-order chi connectivity index (χ1) is 30.3. The Balaban J connectivity index is 1.19. The van der Waals surface area contributed by atoms with Gasteiger partial charge in [-0.05, 0) is 144 Å². The van der Waals surface area contributed by atoms with Gasteiger partial charge < -0.3 is 14.7 Å². The standard InChI is InChI=1S/C58H50BN3/c1-39-16-13-22-46(34-39)60(47-23-14-17-40(2)35-47)48-37-53-55-54(38-48)62-56-49(57(3)32-11-12-33-58(57,62)4)24-15-25-50(56)59(55)51-36-44(42-20-9-6-10-21-42)28-31-52(51)61(53)45-29-26-43(27-30-45)41-18-7-5-8-19-41/h5-10,13-31,34-38H,11-12,32-33H2,1-4H3. The summed E-state index contributed by atoms with van der Waals surface area (Å²) in [6.07, 6.45) is 4.84. The maximum absolute atomic E-state index is 2.85. The van der Waals surface area contributed by atoms with Crippen molar-refractivity contribution in [3.8, 4) is 22.3 Å². The van der Waals surface area contributed by atoms with E-state index in [-0.39, 0.29) is 17.7 Å². The Labute approximate surface area is 367 Å². The second kappa shape index (κ2) is 13.9. The van der Waals surface area contributed by atoms with Gasteiger partial charge in [-0.25, -0.2) is 0 Å². The van der Waals surface area contributed by atoms with Crippen LogP contribution in [0.3, 0.4) is 0 Å². The van der Waals surface area contributed by atoms with Gasteiger partial charge in [-0.3, -0.25) is 0 Å². The summed E-state index contributed by atoms with van der Waals surface area (Å²) in [6, 6.07) is 68.5. The van der Waals surface area contributed by atoms with Crippen LogP contribution >= 0.6 is 0 Å². The number of anilines is 8. The molecule has 3 aliphatic heterocycles. The summed E-state index contributed by atoms with van der Waals surface area (Å²) in [6.45, 7) is 9.62. The molecule has 1 fully saturated rings. The van der Waals surface area contributed by atoms with Gasteiger partial charge in [0, 0.05) is 45.2 Å². The van der Waals surface area contributed by atoms with Crippen LogP contribution in [0, 0.1) is 13.8 Å².